The van der Waals surface area contributed by atoms with Gasteiger partial charge in [0.05, 0.1) is 10.5 Å². The normalized spacial score (nSPS) is 11.0. The lowest BCUT2D eigenvalue weighted by Gasteiger charge is -2.09. The summed E-state index contributed by atoms with van der Waals surface area (Å²) in [7, 11) is 3.66. The largest absolute Gasteiger partial charge is 0.435 e. The van der Waals surface area contributed by atoms with E-state index in [1.54, 1.807) is 6.07 Å². The quantitative estimate of drug-likeness (QED) is 0.467. The Balaban J connectivity index is 2.11. The van der Waals surface area contributed by atoms with Gasteiger partial charge in [0.1, 0.15) is 11.6 Å². The average Bonchev–Trinajstić information content (AvgIpc) is 3.12. The smallest absolute Gasteiger partial charge is 0.280 e. The maximum absolute atomic E-state index is 13.6. The van der Waals surface area contributed by atoms with Gasteiger partial charge in [-0.25, -0.2) is 13.8 Å². The lowest BCUT2D eigenvalue weighted by molar-refractivity contribution is -0.384. The summed E-state index contributed by atoms with van der Waals surface area (Å²) < 4.78 is 32.9. The fourth-order valence-corrected chi connectivity index (χ4v) is 2.76. The van der Waals surface area contributed by atoms with Crippen LogP contribution in [0.3, 0.4) is 0 Å². The number of oxazole rings is 1. The number of nitrogens with one attached hydrogen (secondary N) is 1. The SMILES string of the molecule is CN(C)CCNC(=O)c1nc(-c2cc(F)cc(F)c2)oc1-c1ccccc1[N+](=O)[O-]. The maximum atomic E-state index is 13.6. The molecule has 0 aliphatic carbocycles. The highest BCUT2D eigenvalue weighted by atomic mass is 19.1. The Morgan fingerprint density at radius 2 is 1.87 bits per heavy atom. The Hall–Kier alpha value is -3.66. The van der Waals surface area contributed by atoms with Crippen LogP contribution in [0.4, 0.5) is 14.5 Å². The van der Waals surface area contributed by atoms with Gasteiger partial charge >= 0.3 is 0 Å². The summed E-state index contributed by atoms with van der Waals surface area (Å²) in [4.78, 5) is 29.5. The zero-order valence-electron chi connectivity index (χ0n) is 16.2. The van der Waals surface area contributed by atoms with E-state index in [0.29, 0.717) is 19.2 Å². The van der Waals surface area contributed by atoms with Gasteiger partial charge in [-0.3, -0.25) is 14.9 Å². The summed E-state index contributed by atoms with van der Waals surface area (Å²) >= 11 is 0. The number of nitro groups is 1. The zero-order chi connectivity index (χ0) is 21.8. The van der Waals surface area contributed by atoms with E-state index < -0.39 is 22.5 Å². The summed E-state index contributed by atoms with van der Waals surface area (Å²) in [5.74, 6) is -2.74. The molecule has 0 bridgehead atoms. The predicted octanol–water partition coefficient (Wildman–Crippen LogP) is 3.49. The molecule has 0 spiro atoms. The molecule has 2 aromatic carbocycles. The average molecular weight is 416 g/mol. The minimum atomic E-state index is -0.854. The first-order valence-electron chi connectivity index (χ1n) is 8.90. The zero-order valence-corrected chi connectivity index (χ0v) is 16.2. The third-order valence-electron chi connectivity index (χ3n) is 4.14. The molecular formula is C20H18F2N4O4. The van der Waals surface area contributed by atoms with Crippen LogP contribution in [0.1, 0.15) is 10.5 Å². The number of rotatable bonds is 7. The van der Waals surface area contributed by atoms with Crippen LogP contribution in [0.25, 0.3) is 22.8 Å². The second-order valence-corrected chi connectivity index (χ2v) is 6.69. The number of nitro benzene ring substituents is 1. The number of benzene rings is 2. The van der Waals surface area contributed by atoms with Gasteiger partial charge in [-0.15, -0.1) is 0 Å². The molecule has 0 aliphatic heterocycles. The van der Waals surface area contributed by atoms with E-state index in [-0.39, 0.29) is 34.2 Å². The van der Waals surface area contributed by atoms with E-state index in [9.17, 15) is 23.7 Å². The molecule has 0 atom stereocenters. The highest BCUT2D eigenvalue weighted by Gasteiger charge is 2.27. The van der Waals surface area contributed by atoms with Crippen molar-refractivity contribution in [3.8, 4) is 22.8 Å². The summed E-state index contributed by atoms with van der Waals surface area (Å²) in [6.07, 6.45) is 0. The Morgan fingerprint density at radius 1 is 1.20 bits per heavy atom. The molecule has 0 aliphatic rings. The maximum Gasteiger partial charge on any atom is 0.280 e. The third kappa shape index (κ3) is 4.66. The number of nitrogens with zero attached hydrogens (tertiary/aromatic N) is 3. The number of amides is 1. The summed E-state index contributed by atoms with van der Waals surface area (Å²) in [6.45, 7) is 0.839. The summed E-state index contributed by atoms with van der Waals surface area (Å²) in [5.41, 5.74) is -0.536. The van der Waals surface area contributed by atoms with Crippen molar-refractivity contribution in [3.63, 3.8) is 0 Å². The molecule has 1 heterocycles. The predicted molar refractivity (Wildman–Crippen MR) is 105 cm³/mol. The molecule has 0 radical (unpaired) electrons. The van der Waals surface area contributed by atoms with Gasteiger partial charge in [0.25, 0.3) is 11.6 Å². The van der Waals surface area contributed by atoms with E-state index in [4.69, 9.17) is 4.42 Å². The van der Waals surface area contributed by atoms with Crippen LogP contribution in [0.5, 0.6) is 0 Å². The van der Waals surface area contributed by atoms with Gasteiger partial charge in [0.2, 0.25) is 5.89 Å². The molecule has 0 fully saturated rings. The molecule has 0 saturated heterocycles. The van der Waals surface area contributed by atoms with Crippen molar-refractivity contribution in [2.75, 3.05) is 27.2 Å². The molecule has 0 saturated carbocycles. The molecule has 0 unspecified atom stereocenters. The first-order valence-corrected chi connectivity index (χ1v) is 8.90. The number of halogens is 2. The molecule has 8 nitrogen and oxygen atoms in total. The highest BCUT2D eigenvalue weighted by Crippen LogP contribution is 2.35. The van der Waals surface area contributed by atoms with E-state index in [0.717, 1.165) is 12.1 Å². The number of hydrogen-bond donors (Lipinski definition) is 1. The number of likely N-dealkylation sites (N-methyl/N-ethyl adjacent to an activating group) is 1. The first kappa shape index (κ1) is 21.1. The van der Waals surface area contributed by atoms with Crippen molar-refractivity contribution in [3.05, 3.63) is 69.9 Å². The van der Waals surface area contributed by atoms with Gasteiger partial charge in [0, 0.05) is 30.8 Å². The van der Waals surface area contributed by atoms with Crippen LogP contribution in [0.2, 0.25) is 0 Å². The second-order valence-electron chi connectivity index (χ2n) is 6.69. The minimum Gasteiger partial charge on any atom is -0.435 e. The standard InChI is InChI=1S/C20H18F2N4O4/c1-25(2)8-7-23-19(27)17-18(15-5-3-4-6-16(15)26(28)29)30-20(24-17)12-9-13(21)11-14(22)10-12/h3-6,9-11H,7-8H2,1-2H3,(H,23,27). The Labute approximate surface area is 170 Å². The Kier molecular flexibility index (Phi) is 6.17. The summed E-state index contributed by atoms with van der Waals surface area (Å²) in [5, 5.41) is 14.1. The lowest BCUT2D eigenvalue weighted by Crippen LogP contribution is -2.31. The molecule has 10 heteroatoms. The van der Waals surface area contributed by atoms with E-state index in [1.165, 1.54) is 18.2 Å². The minimum absolute atomic E-state index is 0.0240. The molecule has 156 valence electrons. The van der Waals surface area contributed by atoms with Crippen LogP contribution in [-0.2, 0) is 0 Å². The van der Waals surface area contributed by atoms with Gasteiger partial charge in [0.15, 0.2) is 11.5 Å². The van der Waals surface area contributed by atoms with Crippen molar-refractivity contribution < 1.29 is 22.9 Å². The van der Waals surface area contributed by atoms with Crippen molar-refractivity contribution in [1.29, 1.82) is 0 Å². The highest BCUT2D eigenvalue weighted by molar-refractivity contribution is 5.99. The molecule has 1 N–H and O–H groups in total. The second kappa shape index (κ2) is 8.78. The van der Waals surface area contributed by atoms with E-state index in [1.807, 2.05) is 19.0 Å². The Bertz CT molecular complexity index is 1080. The topological polar surface area (TPSA) is 102 Å². The van der Waals surface area contributed by atoms with Crippen molar-refractivity contribution in [2.45, 2.75) is 0 Å². The van der Waals surface area contributed by atoms with Crippen LogP contribution in [0, 0.1) is 21.7 Å². The molecule has 1 aromatic heterocycles. The summed E-state index contributed by atoms with van der Waals surface area (Å²) in [6, 6.07) is 8.35. The van der Waals surface area contributed by atoms with Crippen molar-refractivity contribution in [1.82, 2.24) is 15.2 Å². The number of aromatic nitrogens is 1. The number of hydrogen-bond acceptors (Lipinski definition) is 6. The first-order chi connectivity index (χ1) is 14.3. The Morgan fingerprint density at radius 3 is 2.50 bits per heavy atom. The molecule has 3 aromatic rings. The van der Waals surface area contributed by atoms with Crippen LogP contribution in [-0.4, -0.2) is 47.9 Å². The molecule has 30 heavy (non-hydrogen) atoms. The molecule has 1 amide bonds. The van der Waals surface area contributed by atoms with E-state index in [2.05, 4.69) is 10.3 Å². The monoisotopic (exact) mass is 416 g/mol. The molecular weight excluding hydrogens is 398 g/mol. The van der Waals surface area contributed by atoms with E-state index >= 15 is 0 Å². The fourth-order valence-electron chi connectivity index (χ4n) is 2.76. The number of carbonyl (C=O) groups excluding carboxylic acids is 1. The molecule has 3 rings (SSSR count). The third-order valence-corrected chi connectivity index (χ3v) is 4.14. The van der Waals surface area contributed by atoms with Gasteiger partial charge < -0.3 is 14.6 Å². The van der Waals surface area contributed by atoms with Gasteiger partial charge in [-0.05, 0) is 32.3 Å². The van der Waals surface area contributed by atoms with Crippen LogP contribution in [0.15, 0.2) is 46.9 Å². The van der Waals surface area contributed by atoms with Crippen LogP contribution < -0.4 is 5.32 Å². The van der Waals surface area contributed by atoms with Crippen molar-refractivity contribution >= 4 is 11.6 Å². The lowest BCUT2D eigenvalue weighted by atomic mass is 10.1. The van der Waals surface area contributed by atoms with Gasteiger partial charge in [-0.2, -0.15) is 0 Å². The van der Waals surface area contributed by atoms with Gasteiger partial charge in [-0.1, -0.05) is 12.1 Å². The van der Waals surface area contributed by atoms with Crippen molar-refractivity contribution in [2.24, 2.45) is 0 Å². The van der Waals surface area contributed by atoms with Crippen LogP contribution >= 0.6 is 0 Å². The number of para-hydroxylation sites is 1. The number of carbonyl (C=O) groups is 1. The fraction of sp³-hybridized carbons (Fsp3) is 0.200.